The lowest BCUT2D eigenvalue weighted by Gasteiger charge is -2.25. The Morgan fingerprint density at radius 3 is 2.45 bits per heavy atom. The van der Waals surface area contributed by atoms with E-state index in [2.05, 4.69) is 4.99 Å². The molecule has 0 N–H and O–H groups in total. The van der Waals surface area contributed by atoms with Crippen molar-refractivity contribution in [1.82, 2.24) is 4.57 Å². The smallest absolute Gasteiger partial charge is 0.338 e. The van der Waals surface area contributed by atoms with Crippen molar-refractivity contribution in [3.63, 3.8) is 0 Å². The summed E-state index contributed by atoms with van der Waals surface area (Å²) < 4.78 is 43.6. The number of carbonyl (C=O) groups excluding carboxylic acids is 1. The van der Waals surface area contributed by atoms with Crippen molar-refractivity contribution >= 4 is 35.0 Å². The molecule has 0 saturated carbocycles. The van der Waals surface area contributed by atoms with E-state index in [-0.39, 0.29) is 41.3 Å². The van der Waals surface area contributed by atoms with Gasteiger partial charge in [-0.05, 0) is 86.9 Å². The van der Waals surface area contributed by atoms with Crippen molar-refractivity contribution in [3.8, 4) is 23.0 Å². The molecule has 1 aliphatic rings. The van der Waals surface area contributed by atoms with Gasteiger partial charge in [-0.1, -0.05) is 41.1 Å². The molecule has 12 heteroatoms. The lowest BCUT2D eigenvalue weighted by molar-refractivity contribution is -0.139. The zero-order valence-electron chi connectivity index (χ0n) is 26.8. The monoisotopic (exact) mass is 680 g/mol. The molecule has 0 saturated heterocycles. The SMILES string of the molecule is CCOC(=O)C1=C(C)N=c2s/c(=C\c3cc(Cl)c(OCc4ccc(F)cc4)c(OC)c3)c(=O)n2[C@@H]1c1ccc(OC(C)C)c(OC)c1. The molecule has 0 aliphatic carbocycles. The normalized spacial score (nSPS) is 14.5. The minimum Gasteiger partial charge on any atom is -0.493 e. The third kappa shape index (κ3) is 7.21. The molecular formula is C35H34ClFN2O7S. The van der Waals surface area contributed by atoms with Gasteiger partial charge in [0.15, 0.2) is 27.8 Å². The number of hydrogen-bond acceptors (Lipinski definition) is 9. The minimum absolute atomic E-state index is 0.0905. The molecule has 0 bridgehead atoms. The van der Waals surface area contributed by atoms with Crippen LogP contribution in [0, 0.1) is 5.82 Å². The molecule has 1 aromatic heterocycles. The number of halogens is 2. The van der Waals surface area contributed by atoms with Crippen molar-refractivity contribution in [2.24, 2.45) is 4.99 Å². The van der Waals surface area contributed by atoms with Crippen LogP contribution in [0.5, 0.6) is 23.0 Å². The molecule has 0 radical (unpaired) electrons. The average Bonchev–Trinajstić information content (AvgIpc) is 3.34. The van der Waals surface area contributed by atoms with Crippen LogP contribution in [0.2, 0.25) is 5.02 Å². The van der Waals surface area contributed by atoms with Crippen LogP contribution in [-0.2, 0) is 16.1 Å². The van der Waals surface area contributed by atoms with Crippen LogP contribution < -0.4 is 33.8 Å². The van der Waals surface area contributed by atoms with E-state index < -0.39 is 12.0 Å². The molecule has 3 aromatic carbocycles. The number of esters is 1. The van der Waals surface area contributed by atoms with Gasteiger partial charge in [-0.15, -0.1) is 0 Å². The number of nitrogens with zero attached hydrogens (tertiary/aromatic N) is 2. The second-order valence-corrected chi connectivity index (χ2v) is 12.2. The number of fused-ring (bicyclic) bond motifs is 1. The van der Waals surface area contributed by atoms with E-state index in [0.717, 1.165) is 5.56 Å². The molecule has 0 fully saturated rings. The highest BCUT2D eigenvalue weighted by Crippen LogP contribution is 2.38. The first kappa shape index (κ1) is 33.7. The quantitative estimate of drug-likeness (QED) is 0.180. The number of rotatable bonds is 11. The number of allylic oxidation sites excluding steroid dienone is 1. The van der Waals surface area contributed by atoms with E-state index in [9.17, 15) is 14.0 Å². The van der Waals surface area contributed by atoms with Crippen molar-refractivity contribution in [2.75, 3.05) is 20.8 Å². The zero-order valence-corrected chi connectivity index (χ0v) is 28.3. The average molecular weight is 681 g/mol. The minimum atomic E-state index is -0.838. The fourth-order valence-corrected chi connectivity index (χ4v) is 6.48. The van der Waals surface area contributed by atoms with Gasteiger partial charge in [0, 0.05) is 0 Å². The van der Waals surface area contributed by atoms with E-state index in [4.69, 9.17) is 35.3 Å². The van der Waals surface area contributed by atoms with Crippen LogP contribution in [-0.4, -0.2) is 37.5 Å². The first-order valence-electron chi connectivity index (χ1n) is 14.8. The molecular weight excluding hydrogens is 647 g/mol. The Morgan fingerprint density at radius 1 is 1.06 bits per heavy atom. The van der Waals surface area contributed by atoms with Gasteiger partial charge in [-0.2, -0.15) is 0 Å². The van der Waals surface area contributed by atoms with Gasteiger partial charge < -0.3 is 23.7 Å². The van der Waals surface area contributed by atoms with Crippen molar-refractivity contribution in [2.45, 2.75) is 46.4 Å². The highest BCUT2D eigenvalue weighted by Gasteiger charge is 2.34. The first-order chi connectivity index (χ1) is 22.5. The number of aromatic nitrogens is 1. The largest absolute Gasteiger partial charge is 0.493 e. The molecule has 246 valence electrons. The molecule has 47 heavy (non-hydrogen) atoms. The van der Waals surface area contributed by atoms with Crippen molar-refractivity contribution in [1.29, 1.82) is 0 Å². The summed E-state index contributed by atoms with van der Waals surface area (Å²) in [5, 5.41) is 0.264. The predicted octanol–water partition coefficient (Wildman–Crippen LogP) is 5.97. The van der Waals surface area contributed by atoms with Gasteiger partial charge in [0.2, 0.25) is 0 Å². The summed E-state index contributed by atoms with van der Waals surface area (Å²) in [5.74, 6) is 0.750. The predicted molar refractivity (Wildman–Crippen MR) is 178 cm³/mol. The molecule has 0 unspecified atom stereocenters. The Kier molecular flexibility index (Phi) is 10.4. The number of carbonyl (C=O) groups is 1. The second kappa shape index (κ2) is 14.4. The first-order valence-corrected chi connectivity index (χ1v) is 16.0. The van der Waals surface area contributed by atoms with Gasteiger partial charge in [-0.25, -0.2) is 14.2 Å². The summed E-state index contributed by atoms with van der Waals surface area (Å²) in [6, 6.07) is 13.8. The fourth-order valence-electron chi connectivity index (χ4n) is 5.16. The van der Waals surface area contributed by atoms with Crippen LogP contribution in [0.25, 0.3) is 6.08 Å². The molecule has 4 aromatic rings. The zero-order chi connectivity index (χ0) is 33.8. The Hall–Kier alpha value is -4.61. The molecule has 1 aliphatic heterocycles. The number of benzene rings is 3. The fraction of sp³-hybridized carbons (Fsp3) is 0.286. The maximum atomic E-state index is 14.1. The Balaban J connectivity index is 1.59. The van der Waals surface area contributed by atoms with E-state index >= 15 is 0 Å². The van der Waals surface area contributed by atoms with Crippen LogP contribution >= 0.6 is 22.9 Å². The molecule has 5 rings (SSSR count). The summed E-state index contributed by atoms with van der Waals surface area (Å²) in [6.07, 6.45) is 1.59. The van der Waals surface area contributed by atoms with Crippen molar-refractivity contribution in [3.05, 3.63) is 113 Å². The maximum absolute atomic E-state index is 14.1. The summed E-state index contributed by atoms with van der Waals surface area (Å²) in [7, 11) is 3.02. The molecule has 0 amide bonds. The summed E-state index contributed by atoms with van der Waals surface area (Å²) in [6.45, 7) is 7.56. The number of thiazole rings is 1. The van der Waals surface area contributed by atoms with E-state index in [1.165, 1.54) is 42.3 Å². The number of hydrogen-bond donors (Lipinski definition) is 0. The number of methoxy groups -OCH3 is 2. The summed E-state index contributed by atoms with van der Waals surface area (Å²) in [5.41, 5.74) is 2.28. The third-order valence-corrected chi connectivity index (χ3v) is 8.49. The van der Waals surface area contributed by atoms with E-state index in [1.54, 1.807) is 62.4 Å². The Bertz CT molecular complexity index is 2020. The van der Waals surface area contributed by atoms with Gasteiger partial charge in [0.05, 0.1) is 53.8 Å². The van der Waals surface area contributed by atoms with Gasteiger partial charge in [0.25, 0.3) is 5.56 Å². The molecule has 0 spiro atoms. The second-order valence-electron chi connectivity index (χ2n) is 10.8. The number of ether oxygens (including phenoxy) is 5. The summed E-state index contributed by atoms with van der Waals surface area (Å²) in [4.78, 5) is 32.5. The highest BCUT2D eigenvalue weighted by molar-refractivity contribution is 7.07. The van der Waals surface area contributed by atoms with Crippen molar-refractivity contribution < 1.29 is 32.9 Å². The third-order valence-electron chi connectivity index (χ3n) is 7.23. The lowest BCUT2D eigenvalue weighted by Crippen LogP contribution is -2.40. The van der Waals surface area contributed by atoms with E-state index in [0.29, 0.717) is 49.2 Å². The van der Waals surface area contributed by atoms with Gasteiger partial charge in [-0.3, -0.25) is 9.36 Å². The Morgan fingerprint density at radius 2 is 1.79 bits per heavy atom. The maximum Gasteiger partial charge on any atom is 0.338 e. The molecule has 2 heterocycles. The van der Waals surface area contributed by atoms with Crippen LogP contribution in [0.3, 0.4) is 0 Å². The topological polar surface area (TPSA) is 97.6 Å². The van der Waals surface area contributed by atoms with Gasteiger partial charge >= 0.3 is 5.97 Å². The highest BCUT2D eigenvalue weighted by atomic mass is 35.5. The van der Waals surface area contributed by atoms with Crippen LogP contribution in [0.15, 0.2) is 75.7 Å². The summed E-state index contributed by atoms with van der Waals surface area (Å²) >= 11 is 7.81. The van der Waals surface area contributed by atoms with Gasteiger partial charge in [0.1, 0.15) is 12.4 Å². The molecule has 1 atom stereocenters. The van der Waals surface area contributed by atoms with E-state index in [1.807, 2.05) is 13.8 Å². The van der Waals surface area contributed by atoms with Crippen LogP contribution in [0.4, 0.5) is 4.39 Å². The lowest BCUT2D eigenvalue weighted by atomic mass is 9.95. The standard InChI is InChI=1S/C35H34ClFN2O7S/c1-7-44-34(41)30-20(4)38-35-39(31(30)23-10-13-26(46-19(2)3)27(17-23)42-5)33(40)29(47-35)16-22-14-25(36)32(28(15-22)43-6)45-18-21-8-11-24(37)12-9-21/h8-17,19,31H,7,18H2,1-6H3/b29-16-/t31-/m1/s1. The van der Waals surface area contributed by atoms with Crippen LogP contribution in [0.1, 0.15) is 50.4 Å². The Labute approximate surface area is 280 Å². The molecule has 9 nitrogen and oxygen atoms in total.